The van der Waals surface area contributed by atoms with E-state index < -0.39 is 0 Å². The molecule has 0 saturated heterocycles. The molecule has 1 amide bonds. The van der Waals surface area contributed by atoms with E-state index in [2.05, 4.69) is 20.5 Å². The molecule has 6 heteroatoms. The van der Waals surface area contributed by atoms with Crippen LogP contribution in [0.15, 0.2) is 65.0 Å². The zero-order valence-corrected chi connectivity index (χ0v) is 12.6. The van der Waals surface area contributed by atoms with Gasteiger partial charge in [0.05, 0.1) is 12.0 Å². The normalized spacial score (nSPS) is 11.1. The molecule has 3 rings (SSSR count). The van der Waals surface area contributed by atoms with Gasteiger partial charge in [0.25, 0.3) is 5.91 Å². The van der Waals surface area contributed by atoms with Crippen molar-refractivity contribution in [3.05, 3.63) is 60.4 Å². The number of carbonyl (C=O) groups excluding carboxylic acids is 1. The van der Waals surface area contributed by atoms with Crippen LogP contribution in [0.1, 0.15) is 5.56 Å². The van der Waals surface area contributed by atoms with Gasteiger partial charge in [0, 0.05) is 34.8 Å². The molecule has 0 unspecified atom stereocenters. The van der Waals surface area contributed by atoms with Gasteiger partial charge >= 0.3 is 0 Å². The topological polar surface area (TPSA) is 71.4 Å². The minimum absolute atomic E-state index is 0.140. The van der Waals surface area contributed by atoms with Crippen LogP contribution in [0.25, 0.3) is 10.9 Å². The average molecular weight is 311 g/mol. The van der Waals surface area contributed by atoms with E-state index in [0.29, 0.717) is 5.75 Å². The molecule has 2 aromatic heterocycles. The molecule has 0 saturated carbocycles. The number of hydrogen-bond acceptors (Lipinski definition) is 3. The van der Waals surface area contributed by atoms with E-state index >= 15 is 0 Å². The lowest BCUT2D eigenvalue weighted by Gasteiger charge is -1.97. The average Bonchev–Trinajstić information content (AvgIpc) is 2.97. The standard InChI is InChI=1S/C16H14N4OS/c21-15(11-22-16-7-3-4-8-17-16)20-19-10-12-9-18-14-6-2-1-5-13(12)14/h1-10,18H,11H2,(H,20,21)/p+1. The summed E-state index contributed by atoms with van der Waals surface area (Å²) in [6.07, 6.45) is 5.35. The SMILES string of the molecule is O=C(CSc1cccc[nH+]1)NN=Cc1c[nH]c2ccccc12. The van der Waals surface area contributed by atoms with E-state index in [-0.39, 0.29) is 5.91 Å². The number of nitrogens with zero attached hydrogens (tertiary/aromatic N) is 1. The maximum absolute atomic E-state index is 11.7. The van der Waals surface area contributed by atoms with Gasteiger partial charge in [0.1, 0.15) is 0 Å². The van der Waals surface area contributed by atoms with E-state index in [9.17, 15) is 4.79 Å². The van der Waals surface area contributed by atoms with Crippen molar-refractivity contribution in [2.75, 3.05) is 5.75 Å². The van der Waals surface area contributed by atoms with Crippen molar-refractivity contribution >= 4 is 34.8 Å². The Kier molecular flexibility index (Phi) is 4.50. The van der Waals surface area contributed by atoms with Crippen LogP contribution in [0.2, 0.25) is 0 Å². The molecule has 22 heavy (non-hydrogen) atoms. The summed E-state index contributed by atoms with van der Waals surface area (Å²) in [5.74, 6) is 0.171. The summed E-state index contributed by atoms with van der Waals surface area (Å²) in [4.78, 5) is 18.0. The first-order chi connectivity index (χ1) is 10.8. The Hall–Kier alpha value is -2.60. The van der Waals surface area contributed by atoms with Crippen LogP contribution in [0.5, 0.6) is 0 Å². The minimum atomic E-state index is -0.140. The minimum Gasteiger partial charge on any atom is -0.361 e. The first-order valence-corrected chi connectivity index (χ1v) is 7.79. The van der Waals surface area contributed by atoms with Crippen molar-refractivity contribution in [2.45, 2.75) is 5.03 Å². The Morgan fingerprint density at radius 3 is 3.00 bits per heavy atom. The molecule has 0 aliphatic carbocycles. The Morgan fingerprint density at radius 2 is 2.14 bits per heavy atom. The molecule has 0 bridgehead atoms. The van der Waals surface area contributed by atoms with Crippen LogP contribution in [-0.4, -0.2) is 22.9 Å². The smallest absolute Gasteiger partial charge is 0.250 e. The highest BCUT2D eigenvalue weighted by Gasteiger charge is 2.05. The number of carbonyl (C=O) groups is 1. The van der Waals surface area contributed by atoms with Crippen molar-refractivity contribution in [1.82, 2.24) is 10.4 Å². The fourth-order valence-corrected chi connectivity index (χ4v) is 2.69. The Bertz CT molecular complexity index is 798. The molecule has 0 aliphatic heterocycles. The largest absolute Gasteiger partial charge is 0.361 e. The first-order valence-electron chi connectivity index (χ1n) is 6.80. The first kappa shape index (κ1) is 14.3. The number of fused-ring (bicyclic) bond motifs is 1. The third kappa shape index (κ3) is 3.53. The summed E-state index contributed by atoms with van der Waals surface area (Å²) < 4.78 is 0. The van der Waals surface area contributed by atoms with Gasteiger partial charge in [-0.15, -0.1) is 0 Å². The summed E-state index contributed by atoms with van der Waals surface area (Å²) in [5, 5.41) is 6.03. The van der Waals surface area contributed by atoms with Gasteiger partial charge in [-0.1, -0.05) is 18.2 Å². The molecule has 0 aliphatic rings. The number of hydrazone groups is 1. The number of H-pyrrole nitrogens is 2. The van der Waals surface area contributed by atoms with Crippen molar-refractivity contribution in [2.24, 2.45) is 5.10 Å². The number of hydrogen-bond donors (Lipinski definition) is 2. The van der Waals surface area contributed by atoms with Crippen molar-refractivity contribution in [1.29, 1.82) is 0 Å². The Balaban J connectivity index is 1.54. The number of aromatic amines is 2. The Morgan fingerprint density at radius 1 is 1.27 bits per heavy atom. The molecule has 3 N–H and O–H groups in total. The molecule has 0 spiro atoms. The van der Waals surface area contributed by atoms with Gasteiger partial charge in [0.15, 0.2) is 6.20 Å². The van der Waals surface area contributed by atoms with Gasteiger partial charge in [-0.2, -0.15) is 5.10 Å². The fraction of sp³-hybridized carbons (Fsp3) is 0.0625. The van der Waals surface area contributed by atoms with Crippen LogP contribution >= 0.6 is 11.8 Å². The number of pyridine rings is 1. The number of amides is 1. The lowest BCUT2D eigenvalue weighted by molar-refractivity contribution is -0.426. The highest BCUT2D eigenvalue weighted by atomic mass is 32.2. The van der Waals surface area contributed by atoms with E-state index in [1.165, 1.54) is 11.8 Å². The van der Waals surface area contributed by atoms with Gasteiger partial charge in [0.2, 0.25) is 5.03 Å². The highest BCUT2D eigenvalue weighted by Crippen LogP contribution is 2.15. The molecule has 3 aromatic rings. The zero-order valence-electron chi connectivity index (χ0n) is 11.7. The third-order valence-corrected chi connectivity index (χ3v) is 4.02. The molecular weight excluding hydrogens is 296 g/mol. The molecule has 0 atom stereocenters. The Labute approximate surface area is 131 Å². The molecule has 5 nitrogen and oxygen atoms in total. The van der Waals surface area contributed by atoms with Crippen LogP contribution in [0.3, 0.4) is 0 Å². The second-order valence-corrected chi connectivity index (χ2v) is 5.62. The van der Waals surface area contributed by atoms with Crippen molar-refractivity contribution in [3.63, 3.8) is 0 Å². The molecule has 0 radical (unpaired) electrons. The van der Waals surface area contributed by atoms with E-state index in [1.807, 2.05) is 54.9 Å². The monoisotopic (exact) mass is 311 g/mol. The summed E-state index contributed by atoms with van der Waals surface area (Å²) in [6.45, 7) is 0. The fourth-order valence-electron chi connectivity index (χ4n) is 2.02. The maximum atomic E-state index is 11.7. The highest BCUT2D eigenvalue weighted by molar-refractivity contribution is 7.99. The number of nitrogens with one attached hydrogen (secondary N) is 3. The molecule has 1 aromatic carbocycles. The predicted molar refractivity (Wildman–Crippen MR) is 87.8 cm³/mol. The lowest BCUT2D eigenvalue weighted by Crippen LogP contribution is -2.20. The molecule has 110 valence electrons. The van der Waals surface area contributed by atoms with Gasteiger partial charge in [-0.05, 0) is 23.9 Å². The van der Waals surface area contributed by atoms with Crippen molar-refractivity contribution < 1.29 is 9.78 Å². The number of thioether (sulfide) groups is 1. The van der Waals surface area contributed by atoms with Crippen LogP contribution in [-0.2, 0) is 4.79 Å². The lowest BCUT2D eigenvalue weighted by atomic mass is 10.2. The van der Waals surface area contributed by atoms with Crippen LogP contribution in [0.4, 0.5) is 0 Å². The number of rotatable bonds is 5. The summed E-state index contributed by atoms with van der Waals surface area (Å²) in [6, 6.07) is 13.7. The second kappa shape index (κ2) is 6.91. The molecule has 0 fully saturated rings. The number of para-hydroxylation sites is 1. The second-order valence-electron chi connectivity index (χ2n) is 4.60. The van der Waals surface area contributed by atoms with Crippen LogP contribution < -0.4 is 10.4 Å². The molecular formula is C16H15N4OS+. The predicted octanol–water partition coefficient (Wildman–Crippen LogP) is 2.22. The van der Waals surface area contributed by atoms with E-state index in [1.54, 1.807) is 6.21 Å². The van der Waals surface area contributed by atoms with Gasteiger partial charge in [-0.25, -0.2) is 10.4 Å². The maximum Gasteiger partial charge on any atom is 0.250 e. The van der Waals surface area contributed by atoms with Crippen molar-refractivity contribution in [3.8, 4) is 0 Å². The number of benzene rings is 1. The van der Waals surface area contributed by atoms with Gasteiger partial charge < -0.3 is 4.98 Å². The molecule has 2 heterocycles. The third-order valence-electron chi connectivity index (χ3n) is 3.05. The van der Waals surface area contributed by atoms with Crippen LogP contribution in [0, 0.1) is 0 Å². The van der Waals surface area contributed by atoms with E-state index in [0.717, 1.165) is 21.5 Å². The summed E-state index contributed by atoms with van der Waals surface area (Å²) in [7, 11) is 0. The quantitative estimate of drug-likeness (QED) is 0.431. The van der Waals surface area contributed by atoms with Gasteiger partial charge in [-0.3, -0.25) is 4.79 Å². The zero-order chi connectivity index (χ0) is 15.2. The van der Waals surface area contributed by atoms with E-state index in [4.69, 9.17) is 0 Å². The summed E-state index contributed by atoms with van der Waals surface area (Å²) >= 11 is 1.43. The number of aromatic nitrogens is 2. The summed E-state index contributed by atoms with van der Waals surface area (Å²) in [5.41, 5.74) is 4.53.